The second-order valence-corrected chi connectivity index (χ2v) is 5.95. The monoisotopic (exact) mass is 338 g/mol. The van der Waals surface area contributed by atoms with Gasteiger partial charge in [0.2, 0.25) is 0 Å². The van der Waals surface area contributed by atoms with Crippen LogP contribution in [0.3, 0.4) is 0 Å². The van der Waals surface area contributed by atoms with Gasteiger partial charge in [-0.1, -0.05) is 12.1 Å². The van der Waals surface area contributed by atoms with E-state index in [0.29, 0.717) is 11.5 Å². The molecule has 0 atom stereocenters. The maximum absolute atomic E-state index is 12.7. The number of thiophene rings is 1. The van der Waals surface area contributed by atoms with Gasteiger partial charge in [-0.25, -0.2) is 0 Å². The summed E-state index contributed by atoms with van der Waals surface area (Å²) in [6.45, 7) is 0. The van der Waals surface area contributed by atoms with Gasteiger partial charge >= 0.3 is 6.18 Å². The Hall–Kier alpha value is -2.21. The zero-order valence-corrected chi connectivity index (χ0v) is 13.2. The first-order valence-corrected chi connectivity index (χ1v) is 7.58. The summed E-state index contributed by atoms with van der Waals surface area (Å²) in [6.07, 6.45) is -4.33. The van der Waals surface area contributed by atoms with Crippen LogP contribution in [0.5, 0.6) is 11.5 Å². The van der Waals surface area contributed by atoms with E-state index in [2.05, 4.69) is 0 Å². The molecule has 23 heavy (non-hydrogen) atoms. The van der Waals surface area contributed by atoms with Gasteiger partial charge in [-0.3, -0.25) is 0 Å². The van der Waals surface area contributed by atoms with Crippen LogP contribution in [0, 0.1) is 0 Å². The first-order valence-electron chi connectivity index (χ1n) is 6.76. The molecule has 0 saturated heterocycles. The summed E-state index contributed by atoms with van der Waals surface area (Å²) in [5.41, 5.74) is 0.0702. The lowest BCUT2D eigenvalue weighted by Gasteiger charge is -2.06. The van der Waals surface area contributed by atoms with Gasteiger partial charge in [-0.15, -0.1) is 11.3 Å². The molecule has 0 amide bonds. The van der Waals surface area contributed by atoms with Gasteiger partial charge in [-0.05, 0) is 35.9 Å². The highest BCUT2D eigenvalue weighted by atomic mass is 32.1. The lowest BCUT2D eigenvalue weighted by Crippen LogP contribution is -2.03. The minimum absolute atomic E-state index is 0.655. The lowest BCUT2D eigenvalue weighted by atomic mass is 10.1. The Balaban J connectivity index is 2.10. The van der Waals surface area contributed by atoms with Crippen molar-refractivity contribution in [1.29, 1.82) is 0 Å². The fraction of sp³-hybridized carbons (Fsp3) is 0.176. The highest BCUT2D eigenvalue weighted by Crippen LogP contribution is 2.43. The molecule has 0 fully saturated rings. The van der Waals surface area contributed by atoms with E-state index in [0.717, 1.165) is 32.7 Å². The number of ether oxygens (including phenoxy) is 2. The number of hydrogen-bond acceptors (Lipinski definition) is 3. The van der Waals surface area contributed by atoms with Crippen LogP contribution < -0.4 is 9.47 Å². The van der Waals surface area contributed by atoms with Crippen LogP contribution in [-0.2, 0) is 6.18 Å². The van der Waals surface area contributed by atoms with Crippen LogP contribution in [-0.4, -0.2) is 14.2 Å². The quantitative estimate of drug-likeness (QED) is 0.618. The lowest BCUT2D eigenvalue weighted by molar-refractivity contribution is -0.137. The molecule has 0 saturated carbocycles. The molecular formula is C17H13F3O2S. The Morgan fingerprint density at radius 1 is 0.870 bits per heavy atom. The first kappa shape index (κ1) is 15.7. The van der Waals surface area contributed by atoms with Gasteiger partial charge in [0.1, 0.15) is 11.5 Å². The van der Waals surface area contributed by atoms with Crippen molar-refractivity contribution in [2.75, 3.05) is 14.2 Å². The Bertz CT molecular complexity index is 794. The van der Waals surface area contributed by atoms with E-state index in [1.54, 1.807) is 14.2 Å². The molecule has 0 unspecified atom stereocenters. The van der Waals surface area contributed by atoms with Gasteiger partial charge in [0.15, 0.2) is 0 Å². The van der Waals surface area contributed by atoms with E-state index in [1.807, 2.05) is 18.2 Å². The van der Waals surface area contributed by atoms with Crippen molar-refractivity contribution in [3.8, 4) is 21.9 Å². The third kappa shape index (κ3) is 2.86. The fourth-order valence-electron chi connectivity index (χ4n) is 2.38. The molecule has 1 heterocycles. The second-order valence-electron chi connectivity index (χ2n) is 4.90. The van der Waals surface area contributed by atoms with E-state index in [-0.39, 0.29) is 0 Å². The van der Waals surface area contributed by atoms with Crippen molar-refractivity contribution in [3.05, 3.63) is 48.0 Å². The highest BCUT2D eigenvalue weighted by Gasteiger charge is 2.30. The van der Waals surface area contributed by atoms with Crippen molar-refractivity contribution >= 4 is 21.4 Å². The maximum Gasteiger partial charge on any atom is 0.416 e. The van der Waals surface area contributed by atoms with E-state index in [9.17, 15) is 13.2 Å². The van der Waals surface area contributed by atoms with Crippen molar-refractivity contribution in [2.45, 2.75) is 6.18 Å². The molecule has 0 radical (unpaired) electrons. The molecule has 1 aromatic heterocycles. The minimum Gasteiger partial charge on any atom is -0.496 e. The van der Waals surface area contributed by atoms with Crippen LogP contribution in [0.15, 0.2) is 42.5 Å². The zero-order chi connectivity index (χ0) is 16.6. The zero-order valence-electron chi connectivity index (χ0n) is 12.4. The molecule has 3 rings (SSSR count). The molecule has 0 aliphatic carbocycles. The number of halogens is 3. The molecule has 0 aliphatic rings. The number of hydrogen-bond donors (Lipinski definition) is 0. The molecule has 0 bridgehead atoms. The third-order valence-corrected chi connectivity index (χ3v) is 4.74. The van der Waals surface area contributed by atoms with Gasteiger partial charge in [-0.2, -0.15) is 13.2 Å². The van der Waals surface area contributed by atoms with E-state index in [1.165, 1.54) is 23.5 Å². The van der Waals surface area contributed by atoms with Gasteiger partial charge in [0.05, 0.1) is 24.5 Å². The number of fused-ring (bicyclic) bond motifs is 1. The summed E-state index contributed by atoms with van der Waals surface area (Å²) in [6, 6.07) is 10.7. The van der Waals surface area contributed by atoms with Crippen LogP contribution in [0.4, 0.5) is 13.2 Å². The smallest absolute Gasteiger partial charge is 0.416 e. The Kier molecular flexibility index (Phi) is 3.93. The van der Waals surface area contributed by atoms with Crippen LogP contribution in [0.1, 0.15) is 5.56 Å². The van der Waals surface area contributed by atoms with Gasteiger partial charge in [0.25, 0.3) is 0 Å². The van der Waals surface area contributed by atoms with E-state index in [4.69, 9.17) is 9.47 Å². The van der Waals surface area contributed by atoms with Crippen LogP contribution >= 0.6 is 11.3 Å². The largest absolute Gasteiger partial charge is 0.496 e. The number of rotatable bonds is 3. The minimum atomic E-state index is -4.33. The summed E-state index contributed by atoms with van der Waals surface area (Å²) in [5.74, 6) is 1.42. The molecule has 3 aromatic rings. The molecule has 0 aliphatic heterocycles. The molecule has 0 N–H and O–H groups in total. The van der Waals surface area contributed by atoms with E-state index < -0.39 is 11.7 Å². The molecular weight excluding hydrogens is 325 g/mol. The topological polar surface area (TPSA) is 18.5 Å². The van der Waals surface area contributed by atoms with Gasteiger partial charge in [0, 0.05) is 10.3 Å². The van der Waals surface area contributed by atoms with Crippen molar-refractivity contribution in [3.63, 3.8) is 0 Å². The first-order chi connectivity index (χ1) is 10.9. The average molecular weight is 338 g/mol. The maximum atomic E-state index is 12.7. The Morgan fingerprint density at radius 2 is 1.48 bits per heavy atom. The molecule has 0 spiro atoms. The van der Waals surface area contributed by atoms with Crippen molar-refractivity contribution in [1.82, 2.24) is 0 Å². The summed E-state index contributed by atoms with van der Waals surface area (Å²) in [7, 11) is 3.16. The van der Waals surface area contributed by atoms with Crippen molar-refractivity contribution < 1.29 is 22.6 Å². The molecule has 2 nitrogen and oxygen atoms in total. The Morgan fingerprint density at radius 3 is 2.04 bits per heavy atom. The van der Waals surface area contributed by atoms with Crippen molar-refractivity contribution in [2.24, 2.45) is 0 Å². The summed E-state index contributed by atoms with van der Waals surface area (Å²) in [5, 5.41) is 0.881. The number of methoxy groups -OCH3 is 2. The highest BCUT2D eigenvalue weighted by molar-refractivity contribution is 7.22. The predicted octanol–water partition coefficient (Wildman–Crippen LogP) is 5.60. The normalized spacial score (nSPS) is 11.7. The Labute approximate surface area is 135 Å². The van der Waals surface area contributed by atoms with Gasteiger partial charge < -0.3 is 9.47 Å². The average Bonchev–Trinajstić information content (AvgIpc) is 2.98. The molecule has 120 valence electrons. The van der Waals surface area contributed by atoms with E-state index >= 15 is 0 Å². The van der Waals surface area contributed by atoms with Crippen LogP contribution in [0.2, 0.25) is 0 Å². The summed E-state index contributed by atoms with van der Waals surface area (Å²) in [4.78, 5) is 0.858. The fourth-order valence-corrected chi connectivity index (χ4v) is 3.55. The second kappa shape index (κ2) is 5.77. The van der Waals surface area contributed by atoms with Crippen LogP contribution in [0.25, 0.3) is 20.5 Å². The summed E-state index contributed by atoms with van der Waals surface area (Å²) >= 11 is 1.46. The molecule has 6 heteroatoms. The standard InChI is InChI=1S/C17H13F3O2S/c1-21-13-7-8-14(22-2)16-12(13)9-15(23-16)10-3-5-11(6-4-10)17(18,19)20/h3-9H,1-2H3. The summed E-state index contributed by atoms with van der Waals surface area (Å²) < 4.78 is 49.6. The molecule has 2 aromatic carbocycles. The SMILES string of the molecule is COc1ccc(OC)c2sc(-c3ccc(C(F)(F)F)cc3)cc12. The number of benzene rings is 2. The number of alkyl halides is 3. The predicted molar refractivity (Wildman–Crippen MR) is 85.4 cm³/mol. The third-order valence-electron chi connectivity index (χ3n) is 3.54.